The molecule has 2 aromatic rings. The Kier molecular flexibility index (Phi) is 1.95. The van der Waals surface area contributed by atoms with Crippen LogP contribution >= 0.6 is 0 Å². The summed E-state index contributed by atoms with van der Waals surface area (Å²) in [7, 11) is 0. The molecule has 0 spiro atoms. The molecule has 1 radical (unpaired) electrons. The summed E-state index contributed by atoms with van der Waals surface area (Å²) in [5.74, 6) is 0. The highest BCUT2D eigenvalue weighted by Crippen LogP contribution is 2.09. The lowest BCUT2D eigenvalue weighted by Gasteiger charge is -1.95. The molecule has 0 amide bonds. The zero-order valence-electron chi connectivity index (χ0n) is 6.70. The van der Waals surface area contributed by atoms with Gasteiger partial charge in [-0.05, 0) is 17.2 Å². The smallest absolute Gasteiger partial charge is 0.0214 e. The molecule has 59 valence electrons. The zero-order chi connectivity index (χ0) is 8.23. The van der Waals surface area contributed by atoms with Crippen molar-refractivity contribution >= 4 is 0 Å². The van der Waals surface area contributed by atoms with Gasteiger partial charge in [0.2, 0.25) is 0 Å². The summed E-state index contributed by atoms with van der Waals surface area (Å²) in [6, 6.07) is 12.3. The maximum atomic E-state index is 3.02. The Labute approximate surface area is 72.1 Å². The number of nitrogens with one attached hydrogen (secondary N) is 1. The first-order chi connectivity index (χ1) is 5.95. The monoisotopic (exact) mass is 156 g/mol. The van der Waals surface area contributed by atoms with E-state index in [0.29, 0.717) is 0 Å². The van der Waals surface area contributed by atoms with Gasteiger partial charge in [0.15, 0.2) is 0 Å². The molecule has 1 nitrogen and oxygen atoms in total. The van der Waals surface area contributed by atoms with Crippen LogP contribution in [-0.2, 0) is 0 Å². The molecule has 12 heavy (non-hydrogen) atoms. The van der Waals surface area contributed by atoms with Crippen LogP contribution in [0, 0.1) is 6.42 Å². The molecule has 1 heteroatoms. The van der Waals surface area contributed by atoms with Crippen molar-refractivity contribution in [3.63, 3.8) is 0 Å². The van der Waals surface area contributed by atoms with Crippen molar-refractivity contribution in [1.29, 1.82) is 0 Å². The minimum atomic E-state index is 1.21. The molecule has 0 aliphatic heterocycles. The van der Waals surface area contributed by atoms with Gasteiger partial charge in [-0.1, -0.05) is 30.3 Å². The summed E-state index contributed by atoms with van der Waals surface area (Å²) in [5, 5.41) is 0. The van der Waals surface area contributed by atoms with Crippen LogP contribution in [0.3, 0.4) is 0 Å². The van der Waals surface area contributed by atoms with Gasteiger partial charge >= 0.3 is 0 Å². The van der Waals surface area contributed by atoms with Gasteiger partial charge in [-0.25, -0.2) is 0 Å². The number of aromatic nitrogens is 1. The van der Waals surface area contributed by atoms with Crippen molar-refractivity contribution in [1.82, 2.24) is 4.98 Å². The van der Waals surface area contributed by atoms with E-state index in [4.69, 9.17) is 0 Å². The van der Waals surface area contributed by atoms with Gasteiger partial charge in [-0.15, -0.1) is 0 Å². The summed E-state index contributed by atoms with van der Waals surface area (Å²) in [6.07, 6.45) is 6.04. The second-order valence-electron chi connectivity index (χ2n) is 2.70. The van der Waals surface area contributed by atoms with Crippen LogP contribution in [0.2, 0.25) is 0 Å². The minimum Gasteiger partial charge on any atom is -0.367 e. The fourth-order valence-corrected chi connectivity index (χ4v) is 1.17. The van der Waals surface area contributed by atoms with Crippen molar-refractivity contribution in [3.05, 3.63) is 66.3 Å². The Morgan fingerprint density at radius 2 is 1.75 bits per heavy atom. The molecule has 0 saturated heterocycles. The van der Waals surface area contributed by atoms with E-state index in [1.165, 1.54) is 11.1 Å². The summed E-state index contributed by atoms with van der Waals surface area (Å²) < 4.78 is 0. The molecule has 0 aliphatic rings. The van der Waals surface area contributed by atoms with Crippen LogP contribution < -0.4 is 0 Å². The van der Waals surface area contributed by atoms with Crippen molar-refractivity contribution in [2.75, 3.05) is 0 Å². The van der Waals surface area contributed by atoms with Crippen LogP contribution in [0.15, 0.2) is 48.8 Å². The molecule has 0 aliphatic carbocycles. The highest BCUT2D eigenvalue weighted by Gasteiger charge is 1.94. The minimum absolute atomic E-state index is 1.21. The zero-order valence-corrected chi connectivity index (χ0v) is 6.70. The molecule has 0 bridgehead atoms. The Morgan fingerprint density at radius 3 is 2.42 bits per heavy atom. The van der Waals surface area contributed by atoms with Gasteiger partial charge in [-0.3, -0.25) is 0 Å². The van der Waals surface area contributed by atoms with E-state index < -0.39 is 0 Å². The van der Waals surface area contributed by atoms with Crippen LogP contribution in [0.4, 0.5) is 0 Å². The average molecular weight is 156 g/mol. The number of rotatable bonds is 2. The SMILES string of the molecule is [CH](c1ccccc1)c1cc[nH]c1. The van der Waals surface area contributed by atoms with E-state index in [1.54, 1.807) is 0 Å². The van der Waals surface area contributed by atoms with Crippen LogP contribution in [0.25, 0.3) is 0 Å². The molecule has 1 aromatic heterocycles. The Bertz CT molecular complexity index is 321. The summed E-state index contributed by atoms with van der Waals surface area (Å²) in [4.78, 5) is 3.02. The molecule has 0 fully saturated rings. The average Bonchev–Trinajstić information content (AvgIpc) is 2.59. The highest BCUT2D eigenvalue weighted by atomic mass is 14.6. The first-order valence-corrected chi connectivity index (χ1v) is 3.98. The third-order valence-electron chi connectivity index (χ3n) is 1.75. The first kappa shape index (κ1) is 7.17. The third-order valence-corrected chi connectivity index (χ3v) is 1.75. The van der Waals surface area contributed by atoms with Gasteiger partial charge in [0.25, 0.3) is 0 Å². The Balaban J connectivity index is 2.15. The topological polar surface area (TPSA) is 15.8 Å². The van der Waals surface area contributed by atoms with E-state index >= 15 is 0 Å². The largest absolute Gasteiger partial charge is 0.367 e. The molecule has 0 unspecified atom stereocenters. The molecule has 1 heterocycles. The van der Waals surface area contributed by atoms with Crippen molar-refractivity contribution < 1.29 is 0 Å². The maximum Gasteiger partial charge on any atom is 0.0214 e. The van der Waals surface area contributed by atoms with Crippen molar-refractivity contribution in [3.8, 4) is 0 Å². The van der Waals surface area contributed by atoms with Crippen LogP contribution in [-0.4, -0.2) is 4.98 Å². The Morgan fingerprint density at radius 1 is 0.917 bits per heavy atom. The summed E-state index contributed by atoms with van der Waals surface area (Å²) in [5.41, 5.74) is 2.44. The van der Waals surface area contributed by atoms with Gasteiger partial charge in [-0.2, -0.15) is 0 Å². The predicted octanol–water partition coefficient (Wildman–Crippen LogP) is 2.62. The standard InChI is InChI=1S/C11H10N/c1-2-4-10(5-3-1)8-11-6-7-12-9-11/h1-9,12H. The maximum absolute atomic E-state index is 3.02. The van der Waals surface area contributed by atoms with E-state index in [-0.39, 0.29) is 0 Å². The first-order valence-electron chi connectivity index (χ1n) is 3.98. The Hall–Kier alpha value is -1.50. The van der Waals surface area contributed by atoms with Gasteiger partial charge in [0, 0.05) is 18.8 Å². The lowest BCUT2D eigenvalue weighted by Crippen LogP contribution is -1.80. The summed E-state index contributed by atoms with van der Waals surface area (Å²) in [6.45, 7) is 0. The fraction of sp³-hybridized carbons (Fsp3) is 0. The second kappa shape index (κ2) is 3.26. The predicted molar refractivity (Wildman–Crippen MR) is 49.7 cm³/mol. The van der Waals surface area contributed by atoms with Crippen LogP contribution in [0.5, 0.6) is 0 Å². The molecule has 0 atom stereocenters. The summed E-state index contributed by atoms with van der Waals surface area (Å²) >= 11 is 0. The molecule has 1 aromatic carbocycles. The van der Waals surface area contributed by atoms with Crippen molar-refractivity contribution in [2.45, 2.75) is 0 Å². The quantitative estimate of drug-likeness (QED) is 0.688. The van der Waals surface area contributed by atoms with Crippen molar-refractivity contribution in [2.24, 2.45) is 0 Å². The molecule has 1 N–H and O–H groups in total. The van der Waals surface area contributed by atoms with E-state index in [2.05, 4.69) is 23.5 Å². The number of hydrogen-bond donors (Lipinski definition) is 1. The molecular weight excluding hydrogens is 146 g/mol. The third kappa shape index (κ3) is 1.56. The molecular formula is C11H10N. The van der Waals surface area contributed by atoms with Gasteiger partial charge in [0.05, 0.1) is 0 Å². The molecule has 2 rings (SSSR count). The van der Waals surface area contributed by atoms with E-state index in [9.17, 15) is 0 Å². The lowest BCUT2D eigenvalue weighted by molar-refractivity contribution is 1.38. The number of aromatic amines is 1. The number of H-pyrrole nitrogens is 1. The van der Waals surface area contributed by atoms with E-state index in [1.807, 2.05) is 36.7 Å². The van der Waals surface area contributed by atoms with E-state index in [0.717, 1.165) is 0 Å². The lowest BCUT2D eigenvalue weighted by atomic mass is 10.1. The highest BCUT2D eigenvalue weighted by molar-refractivity contribution is 5.34. The number of benzene rings is 1. The molecule has 0 saturated carbocycles. The van der Waals surface area contributed by atoms with Crippen LogP contribution in [0.1, 0.15) is 11.1 Å². The second-order valence-corrected chi connectivity index (χ2v) is 2.70. The van der Waals surface area contributed by atoms with Gasteiger partial charge in [0.1, 0.15) is 0 Å². The van der Waals surface area contributed by atoms with Gasteiger partial charge < -0.3 is 4.98 Å². The number of hydrogen-bond acceptors (Lipinski definition) is 0. The normalized spacial score (nSPS) is 10.0. The fourth-order valence-electron chi connectivity index (χ4n) is 1.17.